The van der Waals surface area contributed by atoms with Gasteiger partial charge in [0.2, 0.25) is 0 Å². The van der Waals surface area contributed by atoms with Gasteiger partial charge in [-0.15, -0.1) is 0 Å². The summed E-state index contributed by atoms with van der Waals surface area (Å²) in [6.07, 6.45) is 2.11. The fraction of sp³-hybridized carbons (Fsp3) is 0.583. The van der Waals surface area contributed by atoms with Crippen LogP contribution in [-0.2, 0) is 19.8 Å². The summed E-state index contributed by atoms with van der Waals surface area (Å²) >= 11 is 1.76. The number of anilines is 1. The molecule has 2 aromatic rings. The molecule has 5 rings (SSSR count). The number of fused-ring (bicyclic) bond motifs is 3. The lowest BCUT2D eigenvalue weighted by Gasteiger charge is -2.52. The number of nitrogens with two attached hydrogens (primary N) is 1. The van der Waals surface area contributed by atoms with Gasteiger partial charge < -0.3 is 24.8 Å². The van der Waals surface area contributed by atoms with E-state index in [2.05, 4.69) is 57.0 Å². The Hall–Kier alpha value is -1.87. The average Bonchev–Trinajstić information content (AvgIpc) is 2.76. The van der Waals surface area contributed by atoms with Crippen LogP contribution in [0.5, 0.6) is 5.75 Å². The van der Waals surface area contributed by atoms with Crippen molar-refractivity contribution >= 4 is 17.6 Å². The first-order valence-electron chi connectivity index (χ1n) is 11.1. The van der Waals surface area contributed by atoms with Gasteiger partial charge in [-0.3, -0.25) is 0 Å². The van der Waals surface area contributed by atoms with Gasteiger partial charge in [-0.05, 0) is 45.6 Å². The van der Waals surface area contributed by atoms with E-state index in [9.17, 15) is 0 Å². The average molecular weight is 457 g/mol. The highest BCUT2D eigenvalue weighted by Gasteiger charge is 2.47. The van der Waals surface area contributed by atoms with Crippen molar-refractivity contribution < 1.29 is 14.2 Å². The van der Waals surface area contributed by atoms with Gasteiger partial charge >= 0.3 is 0 Å². The van der Waals surface area contributed by atoms with Crippen molar-refractivity contribution in [2.45, 2.75) is 49.6 Å². The lowest BCUT2D eigenvalue weighted by molar-refractivity contribution is -0.0568. The fourth-order valence-corrected chi connectivity index (χ4v) is 5.09. The van der Waals surface area contributed by atoms with E-state index in [1.54, 1.807) is 11.8 Å². The quantitative estimate of drug-likeness (QED) is 0.750. The van der Waals surface area contributed by atoms with E-state index in [1.807, 2.05) is 6.07 Å². The molecule has 2 fully saturated rings. The summed E-state index contributed by atoms with van der Waals surface area (Å²) in [5.41, 5.74) is 8.74. The van der Waals surface area contributed by atoms with Gasteiger partial charge in [0.15, 0.2) is 17.4 Å². The largest absolute Gasteiger partial charge is 0.485 e. The number of rotatable bonds is 4. The summed E-state index contributed by atoms with van der Waals surface area (Å²) in [5.74, 6) is 2.34. The van der Waals surface area contributed by atoms with Gasteiger partial charge in [-0.25, -0.2) is 9.97 Å². The van der Waals surface area contributed by atoms with Crippen LogP contribution in [0.4, 0.5) is 5.82 Å². The van der Waals surface area contributed by atoms with Crippen molar-refractivity contribution in [3.05, 3.63) is 35.5 Å². The zero-order chi connectivity index (χ0) is 22.7. The summed E-state index contributed by atoms with van der Waals surface area (Å²) in [5, 5.41) is 0. The molecule has 3 aliphatic heterocycles. The third-order valence-electron chi connectivity index (χ3n) is 6.89. The SMILES string of the molecule is CSC(C)(C)c1nc(-c2cccc(C3(N)COC3)c2)nc2c1OC[C@]1(C)COC[C@@H](C)N21. The molecular formula is C24H32N4O3S. The second-order valence-corrected chi connectivity index (χ2v) is 11.4. The topological polar surface area (TPSA) is 82.7 Å². The molecule has 0 unspecified atom stereocenters. The third kappa shape index (κ3) is 3.39. The standard InChI is InChI=1S/C24H32N4O3S/c1-15-10-29-11-23(4)12-31-18-19(22(2,3)32-5)26-20(27-21(18)28(15)23)16-7-6-8-17(9-16)24(25)13-30-14-24/h6-9,15H,10-14,25H2,1-5H3/t15-,23+/m1/s1. The minimum absolute atomic E-state index is 0.190. The molecule has 2 saturated heterocycles. The summed E-state index contributed by atoms with van der Waals surface area (Å²) < 4.78 is 17.4. The van der Waals surface area contributed by atoms with Crippen molar-refractivity contribution in [3.63, 3.8) is 0 Å². The number of hydrogen-bond donors (Lipinski definition) is 1. The number of hydrogen-bond acceptors (Lipinski definition) is 8. The third-order valence-corrected chi connectivity index (χ3v) is 8.11. The first-order chi connectivity index (χ1) is 15.2. The summed E-state index contributed by atoms with van der Waals surface area (Å²) in [6, 6.07) is 8.43. The van der Waals surface area contributed by atoms with Crippen LogP contribution in [0.3, 0.4) is 0 Å². The van der Waals surface area contributed by atoms with Crippen molar-refractivity contribution in [1.29, 1.82) is 0 Å². The summed E-state index contributed by atoms with van der Waals surface area (Å²) in [4.78, 5) is 12.5. The Morgan fingerprint density at radius 2 is 1.94 bits per heavy atom. The number of thioether (sulfide) groups is 1. The van der Waals surface area contributed by atoms with E-state index in [-0.39, 0.29) is 16.3 Å². The van der Waals surface area contributed by atoms with Crippen molar-refractivity contribution in [1.82, 2.24) is 9.97 Å². The lowest BCUT2D eigenvalue weighted by atomic mass is 9.88. The van der Waals surface area contributed by atoms with E-state index in [0.29, 0.717) is 38.9 Å². The molecule has 172 valence electrons. The monoisotopic (exact) mass is 456 g/mol. The van der Waals surface area contributed by atoms with E-state index < -0.39 is 5.54 Å². The first-order valence-corrected chi connectivity index (χ1v) is 12.3. The number of morpholine rings is 1. The number of benzene rings is 1. The highest BCUT2D eigenvalue weighted by Crippen LogP contribution is 2.48. The lowest BCUT2D eigenvalue weighted by Crippen LogP contribution is -2.64. The predicted octanol–water partition coefficient (Wildman–Crippen LogP) is 3.30. The Morgan fingerprint density at radius 1 is 1.16 bits per heavy atom. The molecule has 32 heavy (non-hydrogen) atoms. The molecule has 3 aliphatic rings. The number of aromatic nitrogens is 2. The van der Waals surface area contributed by atoms with Gasteiger partial charge in [0.1, 0.15) is 12.3 Å². The summed E-state index contributed by atoms with van der Waals surface area (Å²) in [7, 11) is 0. The molecule has 1 aromatic carbocycles. The molecule has 7 nitrogen and oxygen atoms in total. The molecule has 4 heterocycles. The van der Waals surface area contributed by atoms with Crippen LogP contribution < -0.4 is 15.4 Å². The molecule has 0 saturated carbocycles. The van der Waals surface area contributed by atoms with Gasteiger partial charge in [-0.2, -0.15) is 11.8 Å². The molecule has 8 heteroatoms. The fourth-order valence-electron chi connectivity index (χ4n) is 4.75. The van der Waals surface area contributed by atoms with E-state index >= 15 is 0 Å². The molecule has 2 atom stereocenters. The van der Waals surface area contributed by atoms with Crippen molar-refractivity contribution in [3.8, 4) is 17.1 Å². The smallest absolute Gasteiger partial charge is 0.184 e. The van der Waals surface area contributed by atoms with Crippen LogP contribution >= 0.6 is 11.8 Å². The minimum atomic E-state index is -0.438. The molecule has 1 aromatic heterocycles. The second kappa shape index (κ2) is 7.58. The van der Waals surface area contributed by atoms with Crippen LogP contribution in [0.1, 0.15) is 39.0 Å². The Kier molecular flexibility index (Phi) is 5.20. The van der Waals surface area contributed by atoms with E-state index in [1.165, 1.54) is 0 Å². The maximum absolute atomic E-state index is 6.51. The van der Waals surface area contributed by atoms with Gasteiger partial charge in [0.25, 0.3) is 0 Å². The van der Waals surface area contributed by atoms with Crippen LogP contribution in [0.2, 0.25) is 0 Å². The van der Waals surface area contributed by atoms with Crippen molar-refractivity contribution in [2.24, 2.45) is 5.73 Å². The maximum Gasteiger partial charge on any atom is 0.184 e. The van der Waals surface area contributed by atoms with E-state index in [0.717, 1.165) is 28.4 Å². The minimum Gasteiger partial charge on any atom is -0.485 e. The predicted molar refractivity (Wildman–Crippen MR) is 127 cm³/mol. The van der Waals surface area contributed by atoms with E-state index in [4.69, 9.17) is 29.9 Å². The molecule has 0 bridgehead atoms. The molecule has 0 radical (unpaired) electrons. The van der Waals surface area contributed by atoms with Crippen LogP contribution in [0.25, 0.3) is 11.4 Å². The second-order valence-electron chi connectivity index (χ2n) is 10.0. The first kappa shape index (κ1) is 21.9. The van der Waals surface area contributed by atoms with Crippen LogP contribution in [0, 0.1) is 0 Å². The Morgan fingerprint density at radius 3 is 2.62 bits per heavy atom. The van der Waals surface area contributed by atoms with Gasteiger partial charge in [0.05, 0.1) is 48.3 Å². The van der Waals surface area contributed by atoms with Crippen molar-refractivity contribution in [2.75, 3.05) is 44.2 Å². The zero-order valence-corrected chi connectivity index (χ0v) is 20.3. The Balaban J connectivity index is 1.69. The summed E-state index contributed by atoms with van der Waals surface area (Å²) in [6.45, 7) is 11.6. The highest BCUT2D eigenvalue weighted by molar-refractivity contribution is 7.99. The normalized spacial score (nSPS) is 26.6. The molecule has 0 aliphatic carbocycles. The molecular weight excluding hydrogens is 424 g/mol. The molecule has 0 spiro atoms. The Labute approximate surface area is 194 Å². The highest BCUT2D eigenvalue weighted by atomic mass is 32.2. The van der Waals surface area contributed by atoms with Crippen LogP contribution in [-0.4, -0.2) is 60.8 Å². The Bertz CT molecular complexity index is 1040. The van der Waals surface area contributed by atoms with Crippen LogP contribution in [0.15, 0.2) is 24.3 Å². The molecule has 2 N–H and O–H groups in total. The maximum atomic E-state index is 6.51. The number of ether oxygens (including phenoxy) is 3. The molecule has 0 amide bonds. The van der Waals surface area contributed by atoms with Gasteiger partial charge in [-0.1, -0.05) is 18.2 Å². The number of nitrogens with zero attached hydrogens (tertiary/aromatic N) is 3. The van der Waals surface area contributed by atoms with Gasteiger partial charge in [0, 0.05) is 5.56 Å². The zero-order valence-electron chi connectivity index (χ0n) is 19.5.